The molecule has 0 atom stereocenters. The first-order valence-corrected chi connectivity index (χ1v) is 5.43. The van der Waals surface area contributed by atoms with Gasteiger partial charge in [-0.1, -0.05) is 18.2 Å². The Labute approximate surface area is 89.9 Å². The van der Waals surface area contributed by atoms with Crippen LogP contribution in [0.3, 0.4) is 0 Å². The molecule has 0 unspecified atom stereocenters. The molecule has 0 aliphatic rings. The molecule has 2 aromatic rings. The van der Waals surface area contributed by atoms with Gasteiger partial charge in [-0.15, -0.1) is 0 Å². The van der Waals surface area contributed by atoms with Gasteiger partial charge < -0.3 is 5.73 Å². The molecule has 0 aliphatic heterocycles. The Morgan fingerprint density at radius 1 is 1.40 bits per heavy atom. The van der Waals surface area contributed by atoms with E-state index in [1.165, 1.54) is 16.6 Å². The van der Waals surface area contributed by atoms with Crippen LogP contribution >= 0.6 is 0 Å². The molecule has 0 radical (unpaired) electrons. The smallest absolute Gasteiger partial charge is 0.0958 e. The molecule has 1 aromatic carbocycles. The van der Waals surface area contributed by atoms with E-state index in [-0.39, 0.29) is 0 Å². The molecule has 0 saturated heterocycles. The minimum absolute atomic E-state index is 0.678. The molecular formula is C12H17N3. The zero-order valence-electron chi connectivity index (χ0n) is 9.33. The molecule has 1 heterocycles. The fraction of sp³-hybridized carbons (Fsp3) is 0.417. The Morgan fingerprint density at radius 3 is 2.87 bits per heavy atom. The maximum Gasteiger partial charge on any atom is 0.0958 e. The number of nitrogens with zero attached hydrogens (tertiary/aromatic N) is 2. The van der Waals surface area contributed by atoms with E-state index in [9.17, 15) is 0 Å². The highest BCUT2D eigenvalue weighted by Crippen LogP contribution is 2.21. The van der Waals surface area contributed by atoms with Crippen LogP contribution in [0.4, 0.5) is 0 Å². The molecule has 15 heavy (non-hydrogen) atoms. The van der Waals surface area contributed by atoms with E-state index in [2.05, 4.69) is 37.1 Å². The third-order valence-corrected chi connectivity index (χ3v) is 2.83. The van der Waals surface area contributed by atoms with Gasteiger partial charge in [-0.2, -0.15) is 5.10 Å². The topological polar surface area (TPSA) is 43.8 Å². The normalized spacial score (nSPS) is 11.1. The molecule has 80 valence electrons. The van der Waals surface area contributed by atoms with E-state index in [0.29, 0.717) is 6.54 Å². The first kappa shape index (κ1) is 10.2. The number of hydrogen-bond acceptors (Lipinski definition) is 2. The molecule has 0 spiro atoms. The Balaban J connectivity index is 2.65. The van der Waals surface area contributed by atoms with Crippen LogP contribution in [0.1, 0.15) is 18.2 Å². The fourth-order valence-electron chi connectivity index (χ4n) is 2.00. The van der Waals surface area contributed by atoms with E-state index in [1.54, 1.807) is 0 Å². The first-order valence-electron chi connectivity index (χ1n) is 5.43. The molecule has 0 saturated carbocycles. The second-order valence-corrected chi connectivity index (χ2v) is 3.75. The number of aromatic nitrogens is 2. The molecule has 3 nitrogen and oxygen atoms in total. The highest BCUT2D eigenvalue weighted by molar-refractivity contribution is 5.84. The summed E-state index contributed by atoms with van der Waals surface area (Å²) in [6.07, 6.45) is 0.900. The Morgan fingerprint density at radius 2 is 2.20 bits per heavy atom. The van der Waals surface area contributed by atoms with Crippen LogP contribution in [0.2, 0.25) is 0 Å². The van der Waals surface area contributed by atoms with E-state index in [1.807, 2.05) is 4.68 Å². The van der Waals surface area contributed by atoms with Gasteiger partial charge in [0, 0.05) is 17.6 Å². The monoisotopic (exact) mass is 203 g/mol. The zero-order valence-corrected chi connectivity index (χ0v) is 9.33. The summed E-state index contributed by atoms with van der Waals surface area (Å²) < 4.78 is 2.05. The van der Waals surface area contributed by atoms with E-state index >= 15 is 0 Å². The minimum atomic E-state index is 0.678. The summed E-state index contributed by atoms with van der Waals surface area (Å²) in [6, 6.07) is 6.33. The predicted octanol–water partition coefficient (Wildman–Crippen LogP) is 1.87. The van der Waals surface area contributed by atoms with Crippen molar-refractivity contribution in [2.24, 2.45) is 5.73 Å². The second kappa shape index (κ2) is 4.03. The van der Waals surface area contributed by atoms with Crippen molar-refractivity contribution < 1.29 is 0 Å². The van der Waals surface area contributed by atoms with E-state index in [4.69, 9.17) is 5.73 Å². The van der Waals surface area contributed by atoms with Crippen LogP contribution in [0, 0.1) is 6.92 Å². The average molecular weight is 203 g/mol. The maximum atomic E-state index is 5.59. The van der Waals surface area contributed by atoms with Crippen molar-refractivity contribution in [2.45, 2.75) is 26.8 Å². The molecule has 2 N–H and O–H groups in total. The lowest BCUT2D eigenvalue weighted by atomic mass is 10.1. The average Bonchev–Trinajstić information content (AvgIpc) is 2.58. The van der Waals surface area contributed by atoms with E-state index in [0.717, 1.165) is 18.5 Å². The van der Waals surface area contributed by atoms with Crippen molar-refractivity contribution in [3.05, 3.63) is 29.5 Å². The third-order valence-electron chi connectivity index (χ3n) is 2.83. The summed E-state index contributed by atoms with van der Waals surface area (Å²) in [5.41, 5.74) is 9.20. The van der Waals surface area contributed by atoms with Crippen molar-refractivity contribution in [1.29, 1.82) is 0 Å². The molecule has 2 rings (SSSR count). The van der Waals surface area contributed by atoms with Crippen molar-refractivity contribution in [3.63, 3.8) is 0 Å². The number of rotatable bonds is 3. The standard InChI is InChI=1S/C12H17N3/c1-3-15-9(2)11-6-4-5-10(7-8-13)12(11)14-15/h4-6H,3,7-8,13H2,1-2H3. The van der Waals surface area contributed by atoms with Crippen molar-refractivity contribution >= 4 is 10.9 Å². The summed E-state index contributed by atoms with van der Waals surface area (Å²) in [7, 11) is 0. The Bertz CT molecular complexity index is 471. The van der Waals surface area contributed by atoms with Gasteiger partial charge in [-0.05, 0) is 32.4 Å². The van der Waals surface area contributed by atoms with Gasteiger partial charge in [-0.25, -0.2) is 0 Å². The van der Waals surface area contributed by atoms with Gasteiger partial charge in [0.15, 0.2) is 0 Å². The number of hydrogen-bond donors (Lipinski definition) is 1. The second-order valence-electron chi connectivity index (χ2n) is 3.75. The molecule has 0 fully saturated rings. The van der Waals surface area contributed by atoms with Gasteiger partial charge in [0.1, 0.15) is 0 Å². The van der Waals surface area contributed by atoms with Crippen molar-refractivity contribution in [3.8, 4) is 0 Å². The zero-order chi connectivity index (χ0) is 10.8. The summed E-state index contributed by atoms with van der Waals surface area (Å²) >= 11 is 0. The molecular weight excluding hydrogens is 186 g/mol. The quantitative estimate of drug-likeness (QED) is 0.827. The summed E-state index contributed by atoms with van der Waals surface area (Å²) in [6.45, 7) is 5.83. The highest BCUT2D eigenvalue weighted by Gasteiger charge is 2.08. The number of benzene rings is 1. The van der Waals surface area contributed by atoms with Gasteiger partial charge in [-0.3, -0.25) is 4.68 Å². The third kappa shape index (κ3) is 1.63. The van der Waals surface area contributed by atoms with Crippen LogP contribution in [-0.2, 0) is 13.0 Å². The number of fused-ring (bicyclic) bond motifs is 1. The minimum Gasteiger partial charge on any atom is -0.330 e. The number of nitrogens with two attached hydrogens (primary N) is 1. The van der Waals surface area contributed by atoms with Crippen molar-refractivity contribution in [1.82, 2.24) is 9.78 Å². The van der Waals surface area contributed by atoms with Crippen molar-refractivity contribution in [2.75, 3.05) is 6.54 Å². The summed E-state index contributed by atoms with van der Waals surface area (Å²) in [4.78, 5) is 0. The molecule has 3 heteroatoms. The molecule has 1 aromatic heterocycles. The SMILES string of the molecule is CCn1nc2c(CCN)cccc2c1C. The lowest BCUT2D eigenvalue weighted by molar-refractivity contribution is 0.647. The largest absolute Gasteiger partial charge is 0.330 e. The van der Waals surface area contributed by atoms with Crippen LogP contribution in [0.5, 0.6) is 0 Å². The molecule has 0 amide bonds. The van der Waals surface area contributed by atoms with Gasteiger partial charge in [0.2, 0.25) is 0 Å². The van der Waals surface area contributed by atoms with Gasteiger partial charge >= 0.3 is 0 Å². The van der Waals surface area contributed by atoms with Crippen LogP contribution < -0.4 is 5.73 Å². The Hall–Kier alpha value is -1.35. The van der Waals surface area contributed by atoms with Gasteiger partial charge in [0.05, 0.1) is 5.52 Å². The van der Waals surface area contributed by atoms with E-state index < -0.39 is 0 Å². The number of aryl methyl sites for hydroxylation is 2. The highest BCUT2D eigenvalue weighted by atomic mass is 15.3. The predicted molar refractivity (Wildman–Crippen MR) is 62.9 cm³/mol. The fourth-order valence-corrected chi connectivity index (χ4v) is 2.00. The molecule has 0 aliphatic carbocycles. The summed E-state index contributed by atoms with van der Waals surface area (Å²) in [5, 5.41) is 5.86. The Kier molecular flexibility index (Phi) is 2.73. The lowest BCUT2D eigenvalue weighted by Crippen LogP contribution is -2.03. The van der Waals surface area contributed by atoms with Gasteiger partial charge in [0.25, 0.3) is 0 Å². The summed E-state index contributed by atoms with van der Waals surface area (Å²) in [5.74, 6) is 0. The lowest BCUT2D eigenvalue weighted by Gasteiger charge is -1.98. The molecule has 0 bridgehead atoms. The maximum absolute atomic E-state index is 5.59. The van der Waals surface area contributed by atoms with Crippen LogP contribution in [0.25, 0.3) is 10.9 Å². The van der Waals surface area contributed by atoms with Crippen LogP contribution in [-0.4, -0.2) is 16.3 Å². The van der Waals surface area contributed by atoms with Crippen LogP contribution in [0.15, 0.2) is 18.2 Å². The first-order chi connectivity index (χ1) is 7.27.